The van der Waals surface area contributed by atoms with Gasteiger partial charge < -0.3 is 38.0 Å². The number of halogens is 4. The Kier molecular flexibility index (Phi) is 11.2. The molecule has 4 heterocycles. The number of nitrogens with two attached hydrogens (primary N) is 3. The molecule has 3 atom stereocenters. The van der Waals surface area contributed by atoms with E-state index in [2.05, 4.69) is 40.5 Å². The summed E-state index contributed by atoms with van der Waals surface area (Å²) in [5.74, 6) is -7.77. The number of hydrogen-bond donors (Lipinski definition) is 8. The van der Waals surface area contributed by atoms with Crippen LogP contribution in [0.5, 0.6) is 0 Å². The molecule has 282 valence electrons. The third-order valence-electron chi connectivity index (χ3n) is 7.74. The number of fused-ring (bicyclic) bond motifs is 2. The van der Waals surface area contributed by atoms with Crippen molar-refractivity contribution in [2.24, 2.45) is 11.5 Å². The first kappa shape index (κ1) is 38.6. The minimum atomic E-state index is -2.66. The molecule has 0 aliphatic heterocycles. The molecule has 0 radical (unpaired) electrons. The maximum absolute atomic E-state index is 14.3. The lowest BCUT2D eigenvalue weighted by atomic mass is 9.86. The number of carbonyl (C=O) groups excluding carboxylic acids is 2. The SMILES string of the molecule is NC(=O)C(Nc1nc(SCc2cccc(F)c2F)nc2nc(N)sc12)C(O)[C@](CO)(Nc1nc(SCc2cccc(F)c2F)nc2[nH]c(=O)sc12)C(N)=O. The van der Waals surface area contributed by atoms with Crippen molar-refractivity contribution in [3.05, 3.63) is 80.5 Å². The number of aliphatic hydroxyl groups excluding tert-OH is 2. The molecule has 6 aromatic rings. The minimum absolute atomic E-state index is 0.00403. The largest absolute Gasteiger partial charge is 0.393 e. The number of aromatic amines is 1. The van der Waals surface area contributed by atoms with Crippen molar-refractivity contribution < 1.29 is 37.4 Å². The summed E-state index contributed by atoms with van der Waals surface area (Å²) >= 11 is 3.16. The first-order chi connectivity index (χ1) is 25.7. The van der Waals surface area contributed by atoms with Crippen LogP contribution in [0.1, 0.15) is 11.1 Å². The van der Waals surface area contributed by atoms with Gasteiger partial charge in [-0.05, 0) is 12.1 Å². The molecule has 2 unspecified atom stereocenters. The number of amides is 2. The number of thioether (sulfide) groups is 2. The lowest BCUT2D eigenvalue weighted by molar-refractivity contribution is -0.131. The smallest absolute Gasteiger partial charge is 0.306 e. The van der Waals surface area contributed by atoms with Crippen LogP contribution >= 0.6 is 46.2 Å². The highest BCUT2D eigenvalue weighted by Crippen LogP contribution is 2.35. The number of aromatic nitrogens is 6. The van der Waals surface area contributed by atoms with Gasteiger partial charge in [0.15, 0.2) is 67.2 Å². The second-order valence-electron chi connectivity index (χ2n) is 11.2. The van der Waals surface area contributed by atoms with E-state index in [0.717, 1.165) is 47.0 Å². The molecule has 0 bridgehead atoms. The van der Waals surface area contributed by atoms with Crippen molar-refractivity contribution in [1.82, 2.24) is 29.9 Å². The number of nitrogen functional groups attached to an aromatic ring is 1. The number of H-pyrrole nitrogens is 1. The van der Waals surface area contributed by atoms with E-state index < -0.39 is 64.2 Å². The quantitative estimate of drug-likeness (QED) is 0.0420. The van der Waals surface area contributed by atoms with Gasteiger partial charge in [-0.3, -0.25) is 19.4 Å². The van der Waals surface area contributed by atoms with Gasteiger partial charge in [0, 0.05) is 22.6 Å². The third kappa shape index (κ3) is 7.74. The van der Waals surface area contributed by atoms with Crippen molar-refractivity contribution >= 4 is 95.5 Å². The average Bonchev–Trinajstić information content (AvgIpc) is 3.70. The van der Waals surface area contributed by atoms with E-state index in [0.29, 0.717) is 11.3 Å². The highest BCUT2D eigenvalue weighted by atomic mass is 32.2. The molecule has 0 saturated heterocycles. The number of carbonyl (C=O) groups is 2. The number of anilines is 3. The predicted molar refractivity (Wildman–Crippen MR) is 195 cm³/mol. The van der Waals surface area contributed by atoms with Crippen LogP contribution in [0.4, 0.5) is 34.3 Å². The van der Waals surface area contributed by atoms with E-state index in [-0.39, 0.29) is 70.4 Å². The van der Waals surface area contributed by atoms with Crippen LogP contribution in [0.25, 0.3) is 20.7 Å². The lowest BCUT2D eigenvalue weighted by Crippen LogP contribution is -2.67. The summed E-state index contributed by atoms with van der Waals surface area (Å²) in [5.41, 5.74) is 14.6. The Hall–Kier alpha value is -5.14. The molecule has 16 nitrogen and oxygen atoms in total. The van der Waals surface area contributed by atoms with Crippen LogP contribution in [-0.4, -0.2) is 76.2 Å². The number of nitrogens with zero attached hydrogens (tertiary/aromatic N) is 5. The fraction of sp³-hybridized carbons (Fsp3) is 0.200. The van der Waals surface area contributed by atoms with Crippen LogP contribution in [0, 0.1) is 23.3 Å². The standard InChI is InChI=1S/C30H25F4N11O5S4/c31-12-5-1-3-10(14(12)33)7-51-27-40-21(17-22(41-27)39-26(37)53-17)38-16(20(35)48)19(47)30(9-46,25(36)49)45-24-18-23(44-29(50)54-18)42-28(43-24)52-8-11-4-2-6-13(32)15(11)34/h1-6,16,19,46-47H,7-9H2,(H2,35,48)(H2,36,49)(H3,37,38,39,40,41)(H2,42,43,44,45,50)/t16?,19?,30-/m0/s1. The summed E-state index contributed by atoms with van der Waals surface area (Å²) in [6, 6.07) is 5.25. The topological polar surface area (TPSA) is 274 Å². The van der Waals surface area contributed by atoms with Crippen molar-refractivity contribution in [2.75, 3.05) is 23.0 Å². The molecule has 0 spiro atoms. The van der Waals surface area contributed by atoms with Crippen LogP contribution in [-0.2, 0) is 21.1 Å². The number of rotatable bonds is 15. The summed E-state index contributed by atoms with van der Waals surface area (Å²) in [6.07, 6.45) is -2.32. The molecular weight excluding hydrogens is 799 g/mol. The summed E-state index contributed by atoms with van der Waals surface area (Å²) in [5, 5.41) is 27.5. The summed E-state index contributed by atoms with van der Waals surface area (Å²) in [4.78, 5) is 61.6. The second-order valence-corrected chi connectivity index (χ2v) is 15.1. The van der Waals surface area contributed by atoms with E-state index >= 15 is 0 Å². The van der Waals surface area contributed by atoms with Crippen LogP contribution in [0.3, 0.4) is 0 Å². The van der Waals surface area contributed by atoms with E-state index in [1.807, 2.05) is 0 Å². The second kappa shape index (κ2) is 15.7. The zero-order valence-corrected chi connectivity index (χ0v) is 30.2. The molecule has 0 saturated carbocycles. The van der Waals surface area contributed by atoms with Gasteiger partial charge in [-0.15, -0.1) is 0 Å². The zero-order valence-electron chi connectivity index (χ0n) is 27.0. The Morgan fingerprint density at radius 2 is 1.46 bits per heavy atom. The van der Waals surface area contributed by atoms with Gasteiger partial charge in [-0.2, -0.15) is 0 Å². The minimum Gasteiger partial charge on any atom is -0.393 e. The summed E-state index contributed by atoms with van der Waals surface area (Å²) < 4.78 is 56.5. The summed E-state index contributed by atoms with van der Waals surface area (Å²) in [7, 11) is 0. The van der Waals surface area contributed by atoms with Crippen molar-refractivity contribution in [3.63, 3.8) is 0 Å². The molecule has 4 aromatic heterocycles. The van der Waals surface area contributed by atoms with Gasteiger partial charge in [0.2, 0.25) is 11.8 Å². The van der Waals surface area contributed by atoms with Gasteiger partial charge in [-0.1, -0.05) is 70.5 Å². The molecule has 6 rings (SSSR count). The number of aliphatic hydroxyl groups is 2. The monoisotopic (exact) mass is 823 g/mol. The molecule has 0 aliphatic carbocycles. The molecule has 0 fully saturated rings. The maximum atomic E-state index is 14.3. The first-order valence-corrected chi connectivity index (χ1v) is 18.7. The highest BCUT2D eigenvalue weighted by molar-refractivity contribution is 7.98. The Morgan fingerprint density at radius 1 is 0.870 bits per heavy atom. The number of hydrogen-bond acceptors (Lipinski definition) is 17. The van der Waals surface area contributed by atoms with Gasteiger partial charge >= 0.3 is 4.87 Å². The average molecular weight is 824 g/mol. The first-order valence-electron chi connectivity index (χ1n) is 15.1. The molecular formula is C30H25F4N11O5S4. The fourth-order valence-electron chi connectivity index (χ4n) is 5.00. The maximum Gasteiger partial charge on any atom is 0.306 e. The molecule has 54 heavy (non-hydrogen) atoms. The lowest BCUT2D eigenvalue weighted by Gasteiger charge is -2.38. The summed E-state index contributed by atoms with van der Waals surface area (Å²) in [6.45, 7) is -1.27. The molecule has 0 aliphatic rings. The van der Waals surface area contributed by atoms with E-state index in [1.54, 1.807) is 0 Å². The van der Waals surface area contributed by atoms with Crippen LogP contribution in [0.2, 0.25) is 0 Å². The van der Waals surface area contributed by atoms with E-state index in [9.17, 15) is 42.2 Å². The van der Waals surface area contributed by atoms with Crippen LogP contribution < -0.4 is 32.7 Å². The van der Waals surface area contributed by atoms with Gasteiger partial charge in [-0.25, -0.2) is 42.5 Å². The molecule has 11 N–H and O–H groups in total. The third-order valence-corrected chi connectivity index (χ3v) is 11.3. The van der Waals surface area contributed by atoms with E-state index in [4.69, 9.17) is 17.2 Å². The number of thiazole rings is 2. The van der Waals surface area contributed by atoms with Crippen molar-refractivity contribution in [2.45, 2.75) is 39.5 Å². The van der Waals surface area contributed by atoms with Crippen LogP contribution in [0.15, 0.2) is 51.5 Å². The fourth-order valence-corrected chi connectivity index (χ4v) is 8.08. The Morgan fingerprint density at radius 3 is 2.04 bits per heavy atom. The normalized spacial score (nSPS) is 13.8. The van der Waals surface area contributed by atoms with Gasteiger partial charge in [0.25, 0.3) is 0 Å². The zero-order chi connectivity index (χ0) is 38.9. The van der Waals surface area contributed by atoms with Crippen molar-refractivity contribution in [3.8, 4) is 0 Å². The molecule has 2 aromatic carbocycles. The Labute approximate surface area is 316 Å². The Balaban J connectivity index is 1.34. The molecule has 24 heteroatoms. The van der Waals surface area contributed by atoms with Crippen molar-refractivity contribution in [1.29, 1.82) is 0 Å². The van der Waals surface area contributed by atoms with Gasteiger partial charge in [0.05, 0.1) is 6.61 Å². The predicted octanol–water partition coefficient (Wildman–Crippen LogP) is 2.46. The molecule has 2 amide bonds. The number of primary amides is 2. The number of nitrogens with one attached hydrogen (secondary N) is 3. The Bertz CT molecular complexity index is 2470. The van der Waals surface area contributed by atoms with Gasteiger partial charge in [0.1, 0.15) is 21.5 Å². The highest BCUT2D eigenvalue weighted by Gasteiger charge is 2.50. The number of benzene rings is 2. The van der Waals surface area contributed by atoms with E-state index in [1.165, 1.54) is 24.3 Å².